The van der Waals surface area contributed by atoms with Crippen molar-refractivity contribution in [2.24, 2.45) is 0 Å². The minimum Gasteiger partial charge on any atom is -0.496 e. The van der Waals surface area contributed by atoms with Gasteiger partial charge in [-0.25, -0.2) is 0 Å². The van der Waals surface area contributed by atoms with Gasteiger partial charge in [-0.3, -0.25) is 4.98 Å². The molecule has 0 saturated carbocycles. The molecule has 0 aliphatic carbocycles. The summed E-state index contributed by atoms with van der Waals surface area (Å²) in [5.74, 6) is 0.801. The van der Waals surface area contributed by atoms with Crippen LogP contribution in [0.1, 0.15) is 28.5 Å². The predicted octanol–water partition coefficient (Wildman–Crippen LogP) is 3.23. The van der Waals surface area contributed by atoms with Crippen LogP contribution in [-0.2, 0) is 6.42 Å². The fourth-order valence-electron chi connectivity index (χ4n) is 2.11. The molecule has 0 spiro atoms. The van der Waals surface area contributed by atoms with Crippen LogP contribution in [0.25, 0.3) is 0 Å². The number of aliphatic hydroxyl groups excluding tert-OH is 1. The molecule has 0 fully saturated rings. The molecule has 1 N–H and O–H groups in total. The lowest BCUT2D eigenvalue weighted by molar-refractivity contribution is 0.176. The van der Waals surface area contributed by atoms with Gasteiger partial charge in [-0.1, -0.05) is 0 Å². The Morgan fingerprint density at radius 3 is 2.79 bits per heavy atom. The normalized spacial score (nSPS) is 12.5. The number of pyridine rings is 1. The van der Waals surface area contributed by atoms with Crippen LogP contribution in [0.3, 0.4) is 0 Å². The lowest BCUT2D eigenvalue weighted by Crippen LogP contribution is -2.06. The second-order valence-electron chi connectivity index (χ2n) is 4.42. The minimum absolute atomic E-state index is 0.212. The van der Waals surface area contributed by atoms with Crippen molar-refractivity contribution in [3.8, 4) is 5.75 Å². The first-order valence-corrected chi connectivity index (χ1v) is 6.32. The van der Waals surface area contributed by atoms with Crippen molar-refractivity contribution in [1.82, 2.24) is 4.98 Å². The van der Waals surface area contributed by atoms with Crippen LogP contribution in [0.5, 0.6) is 5.75 Å². The van der Waals surface area contributed by atoms with Crippen LogP contribution in [0.4, 0.5) is 0 Å². The maximum absolute atomic E-state index is 10.2. The molecule has 2 aromatic rings. The molecule has 0 aliphatic rings. The van der Waals surface area contributed by atoms with E-state index < -0.39 is 6.10 Å². The topological polar surface area (TPSA) is 55.5 Å². The van der Waals surface area contributed by atoms with E-state index in [4.69, 9.17) is 20.8 Å². The van der Waals surface area contributed by atoms with Crippen molar-refractivity contribution in [3.05, 3.63) is 46.1 Å². The van der Waals surface area contributed by atoms with Crippen LogP contribution >= 0.6 is 11.6 Å². The van der Waals surface area contributed by atoms with Gasteiger partial charge < -0.3 is 14.3 Å². The van der Waals surface area contributed by atoms with E-state index >= 15 is 0 Å². The van der Waals surface area contributed by atoms with Gasteiger partial charge in [-0.15, -0.1) is 0 Å². The van der Waals surface area contributed by atoms with Crippen LogP contribution in [0, 0.1) is 13.8 Å². The molecular formula is C14H16ClNO3. The summed E-state index contributed by atoms with van der Waals surface area (Å²) in [6.45, 7) is 3.86. The SMILES string of the molecule is COc1c(C)cnc(CC(O)c2ccoc2Cl)c1C. The second-order valence-corrected chi connectivity index (χ2v) is 4.76. The quantitative estimate of drug-likeness (QED) is 0.935. The van der Waals surface area contributed by atoms with E-state index in [2.05, 4.69) is 4.98 Å². The van der Waals surface area contributed by atoms with E-state index in [1.165, 1.54) is 6.26 Å². The summed E-state index contributed by atoms with van der Waals surface area (Å²) in [4.78, 5) is 4.35. The lowest BCUT2D eigenvalue weighted by Gasteiger charge is -2.14. The number of rotatable bonds is 4. The molecule has 5 heteroatoms. The summed E-state index contributed by atoms with van der Waals surface area (Å²) in [7, 11) is 1.63. The monoisotopic (exact) mass is 281 g/mol. The highest BCUT2D eigenvalue weighted by Crippen LogP contribution is 2.30. The zero-order chi connectivity index (χ0) is 14.0. The van der Waals surface area contributed by atoms with Gasteiger partial charge in [-0.05, 0) is 31.5 Å². The Bertz CT molecular complexity index is 580. The molecule has 1 atom stereocenters. The molecular weight excluding hydrogens is 266 g/mol. The molecule has 2 aromatic heterocycles. The number of nitrogens with zero attached hydrogens (tertiary/aromatic N) is 1. The van der Waals surface area contributed by atoms with Crippen molar-refractivity contribution in [2.75, 3.05) is 7.11 Å². The number of aromatic nitrogens is 1. The molecule has 0 radical (unpaired) electrons. The number of hydrogen-bond donors (Lipinski definition) is 1. The summed E-state index contributed by atoms with van der Waals surface area (Å²) in [6.07, 6.45) is 2.81. The fraction of sp³-hybridized carbons (Fsp3) is 0.357. The fourth-order valence-corrected chi connectivity index (χ4v) is 2.35. The molecule has 0 aromatic carbocycles. The summed E-state index contributed by atoms with van der Waals surface area (Å²) < 4.78 is 10.3. The first-order chi connectivity index (χ1) is 9.04. The molecule has 2 heterocycles. The van der Waals surface area contributed by atoms with Crippen molar-refractivity contribution >= 4 is 11.6 Å². The Labute approximate surface area is 117 Å². The number of hydrogen-bond acceptors (Lipinski definition) is 4. The van der Waals surface area contributed by atoms with E-state index in [0.29, 0.717) is 12.0 Å². The van der Waals surface area contributed by atoms with Gasteiger partial charge in [0.25, 0.3) is 0 Å². The third kappa shape index (κ3) is 2.74. The van der Waals surface area contributed by atoms with Gasteiger partial charge in [0.05, 0.1) is 19.5 Å². The Morgan fingerprint density at radius 2 is 2.21 bits per heavy atom. The predicted molar refractivity (Wildman–Crippen MR) is 72.6 cm³/mol. The standard InChI is InChI=1S/C14H16ClNO3/c1-8-7-16-11(9(2)13(8)18-3)6-12(17)10-4-5-19-14(10)15/h4-5,7,12,17H,6H2,1-3H3. The molecule has 0 aliphatic heterocycles. The molecule has 19 heavy (non-hydrogen) atoms. The van der Waals surface area contributed by atoms with Crippen LogP contribution in [0.15, 0.2) is 22.9 Å². The average Bonchev–Trinajstić information content (AvgIpc) is 2.80. The maximum atomic E-state index is 10.2. The van der Waals surface area contributed by atoms with Gasteiger partial charge >= 0.3 is 0 Å². The van der Waals surface area contributed by atoms with Crippen molar-refractivity contribution in [1.29, 1.82) is 0 Å². The van der Waals surface area contributed by atoms with Gasteiger partial charge in [0.2, 0.25) is 0 Å². The molecule has 0 saturated heterocycles. The van der Waals surface area contributed by atoms with E-state index in [-0.39, 0.29) is 5.22 Å². The van der Waals surface area contributed by atoms with Gasteiger partial charge in [0.1, 0.15) is 5.75 Å². The molecule has 1 unspecified atom stereocenters. The Balaban J connectivity index is 2.27. The van der Waals surface area contributed by atoms with Crippen molar-refractivity contribution < 1.29 is 14.3 Å². The highest BCUT2D eigenvalue weighted by Gasteiger charge is 2.18. The second kappa shape index (κ2) is 5.63. The van der Waals surface area contributed by atoms with Gasteiger partial charge in [0, 0.05) is 35.0 Å². The minimum atomic E-state index is -0.745. The number of ether oxygens (including phenoxy) is 1. The van der Waals surface area contributed by atoms with E-state index in [0.717, 1.165) is 22.6 Å². The molecule has 4 nitrogen and oxygen atoms in total. The highest BCUT2D eigenvalue weighted by atomic mass is 35.5. The average molecular weight is 282 g/mol. The smallest absolute Gasteiger partial charge is 0.198 e. The summed E-state index contributed by atoms with van der Waals surface area (Å²) in [6, 6.07) is 1.66. The van der Waals surface area contributed by atoms with Crippen molar-refractivity contribution in [3.63, 3.8) is 0 Å². The van der Waals surface area contributed by atoms with Crippen LogP contribution < -0.4 is 4.74 Å². The van der Waals surface area contributed by atoms with E-state index in [1.54, 1.807) is 19.4 Å². The number of aliphatic hydroxyl groups is 1. The molecule has 0 bridgehead atoms. The van der Waals surface area contributed by atoms with Crippen LogP contribution in [-0.4, -0.2) is 17.2 Å². The van der Waals surface area contributed by atoms with Crippen LogP contribution in [0.2, 0.25) is 5.22 Å². The number of furan rings is 1. The lowest BCUT2D eigenvalue weighted by atomic mass is 10.0. The molecule has 2 rings (SSSR count). The summed E-state index contributed by atoms with van der Waals surface area (Å²) in [5, 5.41) is 10.4. The molecule has 102 valence electrons. The summed E-state index contributed by atoms with van der Waals surface area (Å²) >= 11 is 5.85. The van der Waals surface area contributed by atoms with E-state index in [9.17, 15) is 5.11 Å². The van der Waals surface area contributed by atoms with Gasteiger partial charge in [0.15, 0.2) is 5.22 Å². The van der Waals surface area contributed by atoms with E-state index in [1.807, 2.05) is 13.8 Å². The molecule has 0 amide bonds. The summed E-state index contributed by atoms with van der Waals surface area (Å²) in [5.41, 5.74) is 3.26. The Morgan fingerprint density at radius 1 is 1.47 bits per heavy atom. The Hall–Kier alpha value is -1.52. The maximum Gasteiger partial charge on any atom is 0.198 e. The largest absolute Gasteiger partial charge is 0.496 e. The number of methoxy groups -OCH3 is 1. The number of aryl methyl sites for hydroxylation is 1. The first-order valence-electron chi connectivity index (χ1n) is 5.94. The third-order valence-electron chi connectivity index (χ3n) is 3.14. The number of halogens is 1. The zero-order valence-electron chi connectivity index (χ0n) is 11.1. The van der Waals surface area contributed by atoms with Crippen molar-refractivity contribution in [2.45, 2.75) is 26.4 Å². The third-order valence-corrected chi connectivity index (χ3v) is 3.45. The zero-order valence-corrected chi connectivity index (χ0v) is 11.9. The Kier molecular flexibility index (Phi) is 4.12. The first kappa shape index (κ1) is 13.9. The highest BCUT2D eigenvalue weighted by molar-refractivity contribution is 6.29. The van der Waals surface area contributed by atoms with Gasteiger partial charge in [-0.2, -0.15) is 0 Å².